The Labute approximate surface area is 177 Å². The number of carbonyl (C=O) groups is 1. The number of hydrogen-bond acceptors (Lipinski definition) is 6. The lowest BCUT2D eigenvalue weighted by Gasteiger charge is -2.31. The Morgan fingerprint density at radius 3 is 2.55 bits per heavy atom. The van der Waals surface area contributed by atoms with Crippen molar-refractivity contribution in [3.8, 4) is 17.0 Å². The van der Waals surface area contributed by atoms with Crippen molar-refractivity contribution in [2.24, 2.45) is 0 Å². The summed E-state index contributed by atoms with van der Waals surface area (Å²) in [5.41, 5.74) is 1.93. The van der Waals surface area contributed by atoms with Gasteiger partial charge in [0.1, 0.15) is 11.4 Å². The second kappa shape index (κ2) is 9.51. The maximum Gasteiger partial charge on any atom is 0.416 e. The summed E-state index contributed by atoms with van der Waals surface area (Å²) in [6.07, 6.45) is 0.272. The molecule has 1 aromatic heterocycles. The predicted molar refractivity (Wildman–Crippen MR) is 109 cm³/mol. The van der Waals surface area contributed by atoms with Crippen molar-refractivity contribution >= 4 is 12.3 Å². The van der Waals surface area contributed by atoms with Crippen LogP contribution in [0.3, 0.4) is 0 Å². The number of benzene rings is 1. The molecule has 2 aliphatic rings. The smallest absolute Gasteiger partial charge is 0.416 e. The second-order valence-electron chi connectivity index (χ2n) is 7.79. The van der Waals surface area contributed by atoms with Crippen LogP contribution in [-0.2, 0) is 23.8 Å². The van der Waals surface area contributed by atoms with E-state index < -0.39 is 17.5 Å². The molecule has 1 atom stereocenters. The number of rotatable bonds is 3. The van der Waals surface area contributed by atoms with Crippen LogP contribution in [0, 0.1) is 0 Å². The third kappa shape index (κ3) is 5.25. The highest BCUT2D eigenvalue weighted by atomic mass is 19.4. The number of phenolic OH excluding ortho intramolecular Hbond substituents is 1. The fourth-order valence-corrected chi connectivity index (χ4v) is 4.21. The summed E-state index contributed by atoms with van der Waals surface area (Å²) in [4.78, 5) is 10.6. The average molecular weight is 438 g/mol. The van der Waals surface area contributed by atoms with Gasteiger partial charge in [-0.05, 0) is 69.5 Å². The summed E-state index contributed by atoms with van der Waals surface area (Å²) in [7, 11) is 2.10. The van der Waals surface area contributed by atoms with Crippen molar-refractivity contribution in [1.29, 1.82) is 0 Å². The fourth-order valence-electron chi connectivity index (χ4n) is 4.21. The van der Waals surface area contributed by atoms with Gasteiger partial charge in [-0.25, -0.2) is 0 Å². The van der Waals surface area contributed by atoms with Crippen molar-refractivity contribution < 1.29 is 28.2 Å². The first-order valence-corrected chi connectivity index (χ1v) is 10.1. The number of phenols is 1. The number of hydrogen-bond donors (Lipinski definition) is 3. The first kappa shape index (κ1) is 22.8. The van der Waals surface area contributed by atoms with E-state index >= 15 is 0 Å². The summed E-state index contributed by atoms with van der Waals surface area (Å²) in [6.45, 7) is 1.78. The minimum atomic E-state index is -4.50. The Morgan fingerprint density at radius 2 is 1.90 bits per heavy atom. The number of alkyl halides is 3. The van der Waals surface area contributed by atoms with Gasteiger partial charge in [0.2, 0.25) is 0 Å². The number of nitrogens with one attached hydrogen (secondary N) is 1. The zero-order valence-corrected chi connectivity index (χ0v) is 17.1. The van der Waals surface area contributed by atoms with Crippen molar-refractivity contribution in [1.82, 2.24) is 15.1 Å². The monoisotopic (exact) mass is 438 g/mol. The van der Waals surface area contributed by atoms with Crippen molar-refractivity contribution in [2.75, 3.05) is 25.5 Å². The Morgan fingerprint density at radius 1 is 1.19 bits per heavy atom. The molecule has 168 valence electrons. The van der Waals surface area contributed by atoms with Crippen LogP contribution >= 0.6 is 0 Å². The maximum absolute atomic E-state index is 12.9. The molecule has 1 aromatic carbocycles. The SMILES string of the molecule is CN1CCC[C@@H](Nc2nnc(-c3ccc(C(F)(F)F)cc3O)c3c2CCC3)C1.O=CO. The Balaban J connectivity index is 0.000000858. The lowest BCUT2D eigenvalue weighted by molar-refractivity contribution is -0.137. The molecule has 0 radical (unpaired) electrons. The molecule has 1 aliphatic carbocycles. The van der Waals surface area contributed by atoms with E-state index in [1.54, 1.807) is 0 Å². The number of aromatic hydroxyl groups is 1. The van der Waals surface area contributed by atoms with Crippen LogP contribution in [0.2, 0.25) is 0 Å². The highest BCUT2D eigenvalue weighted by Crippen LogP contribution is 2.40. The Kier molecular flexibility index (Phi) is 6.99. The van der Waals surface area contributed by atoms with Gasteiger partial charge in [0.15, 0.2) is 5.82 Å². The normalized spacial score (nSPS) is 18.6. The zero-order valence-electron chi connectivity index (χ0n) is 17.1. The molecule has 7 nitrogen and oxygen atoms in total. The van der Waals surface area contributed by atoms with Crippen LogP contribution < -0.4 is 5.32 Å². The standard InChI is InChI=1S/C20H23F3N4O.CH2O2/c1-27-9-3-4-13(11-27)24-19-15-6-2-5-14(15)18(25-26-19)16-8-7-12(10-17(16)28)20(21,22)23;2-1-3/h7-8,10,13,28H,2-6,9,11H2,1H3,(H,24,26);1H,(H,2,3)/t13-;/m1./s1. The zero-order chi connectivity index (χ0) is 22.6. The summed E-state index contributed by atoms with van der Waals surface area (Å²) < 4.78 is 38.6. The first-order chi connectivity index (χ1) is 14.7. The molecule has 4 rings (SSSR count). The van der Waals surface area contributed by atoms with E-state index in [9.17, 15) is 18.3 Å². The number of aromatic nitrogens is 2. The van der Waals surface area contributed by atoms with Gasteiger partial charge in [-0.2, -0.15) is 13.2 Å². The van der Waals surface area contributed by atoms with E-state index in [0.717, 1.165) is 74.3 Å². The van der Waals surface area contributed by atoms with E-state index in [2.05, 4.69) is 27.5 Å². The van der Waals surface area contributed by atoms with Gasteiger partial charge in [-0.1, -0.05) is 0 Å². The molecule has 0 spiro atoms. The van der Waals surface area contributed by atoms with Gasteiger partial charge >= 0.3 is 6.18 Å². The quantitative estimate of drug-likeness (QED) is 0.630. The van der Waals surface area contributed by atoms with E-state index in [-0.39, 0.29) is 6.47 Å². The van der Waals surface area contributed by atoms with Crippen LogP contribution in [0.25, 0.3) is 11.3 Å². The molecule has 0 unspecified atom stereocenters. The van der Waals surface area contributed by atoms with Crippen LogP contribution in [0.5, 0.6) is 5.75 Å². The van der Waals surface area contributed by atoms with E-state index in [0.29, 0.717) is 17.3 Å². The number of nitrogens with zero attached hydrogens (tertiary/aromatic N) is 3. The molecule has 0 bridgehead atoms. The van der Waals surface area contributed by atoms with E-state index in [4.69, 9.17) is 9.90 Å². The molecule has 31 heavy (non-hydrogen) atoms. The second-order valence-corrected chi connectivity index (χ2v) is 7.79. The molecule has 2 aromatic rings. The van der Waals surface area contributed by atoms with Gasteiger partial charge in [-0.3, -0.25) is 4.79 Å². The predicted octanol–water partition coefficient (Wildman–Crippen LogP) is 3.56. The van der Waals surface area contributed by atoms with Gasteiger partial charge in [0.05, 0.1) is 5.56 Å². The topological polar surface area (TPSA) is 98.6 Å². The van der Waals surface area contributed by atoms with Gasteiger partial charge in [0.25, 0.3) is 6.47 Å². The van der Waals surface area contributed by atoms with Crippen LogP contribution in [-0.4, -0.2) is 58.0 Å². The summed E-state index contributed by atoms with van der Waals surface area (Å²) in [5, 5.41) is 29.2. The minimum Gasteiger partial charge on any atom is -0.507 e. The lowest BCUT2D eigenvalue weighted by Crippen LogP contribution is -2.40. The number of halogens is 3. The molecule has 1 aliphatic heterocycles. The van der Waals surface area contributed by atoms with E-state index in [1.807, 2.05) is 0 Å². The van der Waals surface area contributed by atoms with Crippen LogP contribution in [0.1, 0.15) is 36.0 Å². The summed E-state index contributed by atoms with van der Waals surface area (Å²) >= 11 is 0. The lowest BCUT2D eigenvalue weighted by atomic mass is 10.0. The molecular formula is C21H25F3N4O3. The number of likely N-dealkylation sites (tertiary alicyclic amines) is 1. The molecule has 0 saturated carbocycles. The van der Waals surface area contributed by atoms with Crippen molar-refractivity contribution in [3.05, 3.63) is 34.9 Å². The molecule has 1 saturated heterocycles. The molecule has 1 fully saturated rings. The van der Waals surface area contributed by atoms with Gasteiger partial charge in [0, 0.05) is 23.7 Å². The summed E-state index contributed by atoms with van der Waals surface area (Å²) in [6, 6.07) is 3.32. The minimum absolute atomic E-state index is 0.250. The highest BCUT2D eigenvalue weighted by Gasteiger charge is 2.32. The maximum atomic E-state index is 12.9. The average Bonchev–Trinajstić information content (AvgIpc) is 3.19. The number of piperidine rings is 1. The highest BCUT2D eigenvalue weighted by molar-refractivity contribution is 5.73. The summed E-state index contributed by atoms with van der Waals surface area (Å²) in [5.74, 6) is 0.343. The number of anilines is 1. The number of fused-ring (bicyclic) bond motifs is 1. The van der Waals surface area contributed by atoms with Gasteiger partial charge in [-0.15, -0.1) is 10.2 Å². The molecule has 2 heterocycles. The Hall–Kier alpha value is -2.88. The molecule has 3 N–H and O–H groups in total. The van der Waals surface area contributed by atoms with Crippen molar-refractivity contribution in [3.63, 3.8) is 0 Å². The Bertz CT molecular complexity index is 937. The number of carboxylic acid groups (broad SMARTS) is 1. The van der Waals surface area contributed by atoms with Crippen LogP contribution in [0.15, 0.2) is 18.2 Å². The third-order valence-electron chi connectivity index (χ3n) is 5.59. The van der Waals surface area contributed by atoms with Gasteiger partial charge < -0.3 is 20.4 Å². The largest absolute Gasteiger partial charge is 0.507 e. The fraction of sp³-hybridized carbons (Fsp3) is 0.476. The van der Waals surface area contributed by atoms with E-state index in [1.165, 1.54) is 6.07 Å². The third-order valence-corrected chi connectivity index (χ3v) is 5.59. The molecule has 0 amide bonds. The molecule has 10 heteroatoms. The van der Waals surface area contributed by atoms with Crippen molar-refractivity contribution in [2.45, 2.75) is 44.3 Å². The molecular weight excluding hydrogens is 413 g/mol. The number of likely N-dealkylation sites (N-methyl/N-ethyl adjacent to an activating group) is 1. The first-order valence-electron chi connectivity index (χ1n) is 10.1. The van der Waals surface area contributed by atoms with Crippen LogP contribution in [0.4, 0.5) is 19.0 Å².